The summed E-state index contributed by atoms with van der Waals surface area (Å²) in [5, 5.41) is 7.97. The minimum absolute atomic E-state index is 0.0324. The molecular weight excluding hydrogens is 364 g/mol. The molecule has 2 amide bonds. The monoisotopic (exact) mass is 386 g/mol. The number of fused-ring (bicyclic) bond motifs is 1. The SMILES string of the molecule is O=C(NCCc1cccs1)c1cnc2c(c1)N(CC1CCCO1)C(=O)CN2. The maximum Gasteiger partial charge on any atom is 0.252 e. The molecule has 2 aromatic heterocycles. The van der Waals surface area contributed by atoms with Crippen LogP contribution >= 0.6 is 11.3 Å². The maximum absolute atomic E-state index is 12.5. The summed E-state index contributed by atoms with van der Waals surface area (Å²) in [4.78, 5) is 32.2. The molecule has 8 heteroatoms. The fraction of sp³-hybridized carbons (Fsp3) is 0.421. The first kappa shape index (κ1) is 17.9. The number of aromatic nitrogens is 1. The molecular formula is C19H22N4O3S. The van der Waals surface area contributed by atoms with Crippen LogP contribution in [0, 0.1) is 0 Å². The molecule has 1 saturated heterocycles. The standard InChI is InChI=1S/C19H22N4O3S/c24-17-11-22-18-16(23(17)12-14-3-1-7-26-14)9-13(10-21-18)19(25)20-6-5-15-4-2-8-27-15/h2,4,8-10,14H,1,3,5-7,11-12H2,(H,20,25)(H,21,22). The maximum atomic E-state index is 12.5. The number of thiophene rings is 1. The van der Waals surface area contributed by atoms with Crippen LogP contribution in [-0.4, -0.2) is 49.1 Å². The number of pyridine rings is 1. The number of hydrogen-bond acceptors (Lipinski definition) is 6. The van der Waals surface area contributed by atoms with E-state index in [1.807, 2.05) is 11.4 Å². The zero-order valence-corrected chi connectivity index (χ0v) is 15.8. The van der Waals surface area contributed by atoms with Gasteiger partial charge in [-0.15, -0.1) is 11.3 Å². The first-order valence-electron chi connectivity index (χ1n) is 9.17. The largest absolute Gasteiger partial charge is 0.376 e. The van der Waals surface area contributed by atoms with Crippen molar-refractivity contribution in [1.29, 1.82) is 0 Å². The summed E-state index contributed by atoms with van der Waals surface area (Å²) in [5.41, 5.74) is 1.10. The van der Waals surface area contributed by atoms with Crippen LogP contribution in [0.2, 0.25) is 0 Å². The Morgan fingerprint density at radius 3 is 3.19 bits per heavy atom. The zero-order chi connectivity index (χ0) is 18.6. The van der Waals surface area contributed by atoms with E-state index in [0.717, 1.165) is 25.9 Å². The minimum atomic E-state index is -0.183. The molecule has 0 saturated carbocycles. The van der Waals surface area contributed by atoms with E-state index in [-0.39, 0.29) is 24.5 Å². The molecule has 0 radical (unpaired) electrons. The number of amides is 2. The third-order valence-corrected chi connectivity index (χ3v) is 5.71. The fourth-order valence-electron chi connectivity index (χ4n) is 3.36. The first-order valence-corrected chi connectivity index (χ1v) is 10.0. The third kappa shape index (κ3) is 4.12. The Morgan fingerprint density at radius 2 is 2.41 bits per heavy atom. The van der Waals surface area contributed by atoms with Crippen LogP contribution in [0.3, 0.4) is 0 Å². The molecule has 2 aliphatic rings. The van der Waals surface area contributed by atoms with E-state index < -0.39 is 0 Å². The van der Waals surface area contributed by atoms with Gasteiger partial charge in [0.1, 0.15) is 5.82 Å². The van der Waals surface area contributed by atoms with E-state index in [9.17, 15) is 9.59 Å². The Morgan fingerprint density at radius 1 is 1.48 bits per heavy atom. The van der Waals surface area contributed by atoms with Gasteiger partial charge in [-0.1, -0.05) is 6.07 Å². The van der Waals surface area contributed by atoms with E-state index in [1.54, 1.807) is 28.5 Å². The van der Waals surface area contributed by atoms with Gasteiger partial charge in [0.25, 0.3) is 5.91 Å². The highest BCUT2D eigenvalue weighted by Crippen LogP contribution is 2.29. The van der Waals surface area contributed by atoms with Crippen molar-refractivity contribution in [3.05, 3.63) is 40.2 Å². The van der Waals surface area contributed by atoms with Crippen LogP contribution in [0.1, 0.15) is 28.1 Å². The van der Waals surface area contributed by atoms with Gasteiger partial charge in [-0.05, 0) is 36.8 Å². The lowest BCUT2D eigenvalue weighted by Crippen LogP contribution is -2.44. The normalized spacial score (nSPS) is 18.9. The van der Waals surface area contributed by atoms with E-state index >= 15 is 0 Å². The van der Waals surface area contributed by atoms with E-state index in [4.69, 9.17) is 4.74 Å². The van der Waals surface area contributed by atoms with Crippen LogP contribution in [0.25, 0.3) is 0 Å². The molecule has 0 aromatic carbocycles. The molecule has 27 heavy (non-hydrogen) atoms. The second-order valence-corrected chi connectivity index (χ2v) is 7.70. The number of carbonyl (C=O) groups excluding carboxylic acids is 2. The number of hydrogen-bond donors (Lipinski definition) is 2. The fourth-order valence-corrected chi connectivity index (χ4v) is 4.07. The van der Waals surface area contributed by atoms with Gasteiger partial charge in [-0.25, -0.2) is 4.98 Å². The molecule has 142 valence electrons. The molecule has 2 aromatic rings. The smallest absolute Gasteiger partial charge is 0.252 e. The molecule has 1 atom stereocenters. The van der Waals surface area contributed by atoms with E-state index in [2.05, 4.69) is 21.7 Å². The Bertz CT molecular complexity index is 818. The van der Waals surface area contributed by atoms with Crippen molar-refractivity contribution < 1.29 is 14.3 Å². The summed E-state index contributed by atoms with van der Waals surface area (Å²) in [6.45, 7) is 2.01. The summed E-state index contributed by atoms with van der Waals surface area (Å²) >= 11 is 1.68. The van der Waals surface area contributed by atoms with Crippen molar-refractivity contribution in [2.24, 2.45) is 0 Å². The molecule has 1 fully saturated rings. The van der Waals surface area contributed by atoms with Gasteiger partial charge in [0.2, 0.25) is 5.91 Å². The summed E-state index contributed by atoms with van der Waals surface area (Å²) in [5.74, 6) is 0.412. The Kier molecular flexibility index (Phi) is 5.35. The van der Waals surface area contributed by atoms with Crippen molar-refractivity contribution in [3.63, 3.8) is 0 Å². The second kappa shape index (κ2) is 8.06. The minimum Gasteiger partial charge on any atom is -0.376 e. The highest BCUT2D eigenvalue weighted by Gasteiger charge is 2.29. The molecule has 7 nitrogen and oxygen atoms in total. The number of rotatable bonds is 6. The lowest BCUT2D eigenvalue weighted by Gasteiger charge is -2.31. The van der Waals surface area contributed by atoms with Crippen molar-refractivity contribution >= 4 is 34.7 Å². The third-order valence-electron chi connectivity index (χ3n) is 4.78. The number of ether oxygens (including phenoxy) is 1. The van der Waals surface area contributed by atoms with Crippen LogP contribution in [0.4, 0.5) is 11.5 Å². The molecule has 0 aliphatic carbocycles. The van der Waals surface area contributed by atoms with Gasteiger partial charge in [0, 0.05) is 24.2 Å². The van der Waals surface area contributed by atoms with Crippen molar-refractivity contribution in [3.8, 4) is 0 Å². The summed E-state index contributed by atoms with van der Waals surface area (Å²) in [7, 11) is 0. The molecule has 1 unspecified atom stereocenters. The predicted molar refractivity (Wildman–Crippen MR) is 104 cm³/mol. The topological polar surface area (TPSA) is 83.6 Å². The van der Waals surface area contributed by atoms with Gasteiger partial charge in [-0.2, -0.15) is 0 Å². The summed E-state index contributed by atoms with van der Waals surface area (Å²) in [6, 6.07) is 5.79. The number of carbonyl (C=O) groups is 2. The second-order valence-electron chi connectivity index (χ2n) is 6.67. The van der Waals surface area contributed by atoms with Gasteiger partial charge in [0.05, 0.1) is 30.4 Å². The number of nitrogens with one attached hydrogen (secondary N) is 2. The van der Waals surface area contributed by atoms with Crippen molar-refractivity contribution in [2.75, 3.05) is 36.5 Å². The van der Waals surface area contributed by atoms with E-state index in [1.165, 1.54) is 4.88 Å². The lowest BCUT2D eigenvalue weighted by molar-refractivity contribution is -0.117. The number of nitrogens with zero attached hydrogens (tertiary/aromatic N) is 2. The van der Waals surface area contributed by atoms with Gasteiger partial charge >= 0.3 is 0 Å². The first-order chi connectivity index (χ1) is 13.2. The Hall–Kier alpha value is -2.45. The lowest BCUT2D eigenvalue weighted by atomic mass is 10.1. The van der Waals surface area contributed by atoms with Gasteiger partial charge in [-0.3, -0.25) is 9.59 Å². The summed E-state index contributed by atoms with van der Waals surface area (Å²) in [6.07, 6.45) is 4.36. The quantitative estimate of drug-likeness (QED) is 0.794. The van der Waals surface area contributed by atoms with E-state index in [0.29, 0.717) is 30.2 Å². The zero-order valence-electron chi connectivity index (χ0n) is 14.9. The van der Waals surface area contributed by atoms with Crippen LogP contribution in [0.5, 0.6) is 0 Å². The average molecular weight is 386 g/mol. The van der Waals surface area contributed by atoms with Crippen LogP contribution in [-0.2, 0) is 16.0 Å². The van der Waals surface area contributed by atoms with Crippen LogP contribution < -0.4 is 15.5 Å². The van der Waals surface area contributed by atoms with Gasteiger partial charge < -0.3 is 20.3 Å². The van der Waals surface area contributed by atoms with Gasteiger partial charge in [0.15, 0.2) is 0 Å². The Balaban J connectivity index is 1.46. The Labute approximate surface area is 161 Å². The summed E-state index contributed by atoms with van der Waals surface area (Å²) < 4.78 is 5.67. The highest BCUT2D eigenvalue weighted by molar-refractivity contribution is 7.09. The molecule has 2 aliphatic heterocycles. The number of anilines is 2. The van der Waals surface area contributed by atoms with Crippen molar-refractivity contribution in [1.82, 2.24) is 10.3 Å². The highest BCUT2D eigenvalue weighted by atomic mass is 32.1. The average Bonchev–Trinajstić information content (AvgIpc) is 3.37. The molecule has 2 N–H and O–H groups in total. The molecule has 4 heterocycles. The molecule has 4 rings (SSSR count). The molecule has 0 bridgehead atoms. The van der Waals surface area contributed by atoms with Crippen molar-refractivity contribution in [2.45, 2.75) is 25.4 Å². The van der Waals surface area contributed by atoms with Crippen LogP contribution in [0.15, 0.2) is 29.8 Å². The predicted octanol–water partition coefficient (Wildman–Crippen LogP) is 2.05. The molecule has 0 spiro atoms.